The number of nitrogens with zero attached hydrogens (tertiary/aromatic N) is 2. The van der Waals surface area contributed by atoms with Gasteiger partial charge >= 0.3 is 6.03 Å². The van der Waals surface area contributed by atoms with Crippen LogP contribution >= 0.6 is 11.8 Å². The van der Waals surface area contributed by atoms with Crippen LogP contribution in [0, 0.1) is 0 Å². The second-order valence-corrected chi connectivity index (χ2v) is 8.74. The van der Waals surface area contributed by atoms with Crippen molar-refractivity contribution in [3.05, 3.63) is 58.9 Å². The monoisotopic (exact) mass is 440 g/mol. The summed E-state index contributed by atoms with van der Waals surface area (Å²) in [6.07, 6.45) is 0. The van der Waals surface area contributed by atoms with Crippen LogP contribution in [-0.4, -0.2) is 39.9 Å². The number of carbonyl (C=O) groups excluding carboxylic acids is 2. The second-order valence-electron chi connectivity index (χ2n) is 7.79. The molecule has 1 aromatic heterocycles. The van der Waals surface area contributed by atoms with Crippen molar-refractivity contribution in [1.82, 2.24) is 20.2 Å². The number of carbonyl (C=O) groups is 2. The van der Waals surface area contributed by atoms with Gasteiger partial charge in [0, 0.05) is 11.6 Å². The average molecular weight is 441 g/mol. The summed E-state index contributed by atoms with van der Waals surface area (Å²) < 4.78 is 6.72. The molecule has 0 atom stereocenters. The average Bonchev–Trinajstić information content (AvgIpc) is 2.71. The molecule has 3 amide bonds. The number of amides is 3. The van der Waals surface area contributed by atoms with Crippen molar-refractivity contribution in [2.45, 2.75) is 31.5 Å². The van der Waals surface area contributed by atoms with E-state index >= 15 is 0 Å². The Morgan fingerprint density at radius 3 is 2.58 bits per heavy atom. The van der Waals surface area contributed by atoms with Crippen molar-refractivity contribution in [1.29, 1.82) is 0 Å². The Hall–Kier alpha value is -3.33. The standard InChI is InChI=1S/C22H24N4O4S/c1-22(2,3)25-20(29)24-18(27)13-31-21-23-17-11-6-5-10-16(17)19(28)26(21)14-8-7-9-15(12-14)30-4/h5-12H,13H2,1-4H3,(H2,24,25,27,29). The molecular weight excluding hydrogens is 416 g/mol. The first kappa shape index (κ1) is 22.4. The lowest BCUT2D eigenvalue weighted by Gasteiger charge is -2.20. The van der Waals surface area contributed by atoms with E-state index in [0.29, 0.717) is 27.5 Å². The molecule has 9 heteroatoms. The number of urea groups is 1. The molecule has 3 aromatic rings. The normalized spacial score (nSPS) is 11.2. The van der Waals surface area contributed by atoms with Gasteiger partial charge in [-0.05, 0) is 45.0 Å². The highest BCUT2D eigenvalue weighted by molar-refractivity contribution is 7.99. The van der Waals surface area contributed by atoms with Crippen molar-refractivity contribution in [3.8, 4) is 11.4 Å². The van der Waals surface area contributed by atoms with Crippen molar-refractivity contribution < 1.29 is 14.3 Å². The molecule has 2 N–H and O–H groups in total. The summed E-state index contributed by atoms with van der Waals surface area (Å²) in [4.78, 5) is 42.0. The molecule has 0 spiro atoms. The van der Waals surface area contributed by atoms with E-state index in [4.69, 9.17) is 4.74 Å². The van der Waals surface area contributed by atoms with Gasteiger partial charge in [-0.3, -0.25) is 19.5 Å². The van der Waals surface area contributed by atoms with Gasteiger partial charge in [-0.2, -0.15) is 0 Å². The van der Waals surface area contributed by atoms with E-state index in [1.807, 2.05) is 20.8 Å². The summed E-state index contributed by atoms with van der Waals surface area (Å²) in [7, 11) is 1.54. The highest BCUT2D eigenvalue weighted by atomic mass is 32.2. The molecule has 162 valence electrons. The maximum absolute atomic E-state index is 13.2. The maximum atomic E-state index is 13.2. The number of para-hydroxylation sites is 1. The van der Waals surface area contributed by atoms with Crippen LogP contribution in [0.25, 0.3) is 16.6 Å². The lowest BCUT2D eigenvalue weighted by atomic mass is 10.1. The number of imide groups is 1. The number of thioether (sulfide) groups is 1. The fourth-order valence-electron chi connectivity index (χ4n) is 2.85. The Labute approximate surface area is 184 Å². The van der Waals surface area contributed by atoms with Crippen molar-refractivity contribution in [3.63, 3.8) is 0 Å². The summed E-state index contributed by atoms with van der Waals surface area (Å²) >= 11 is 1.07. The minimum absolute atomic E-state index is 0.0910. The number of methoxy groups -OCH3 is 1. The fraction of sp³-hybridized carbons (Fsp3) is 0.273. The Morgan fingerprint density at radius 2 is 1.87 bits per heavy atom. The molecule has 0 fully saturated rings. The molecule has 0 aliphatic carbocycles. The van der Waals surface area contributed by atoms with Crippen LogP contribution in [0.1, 0.15) is 20.8 Å². The summed E-state index contributed by atoms with van der Waals surface area (Å²) in [5.74, 6) is 0.00298. The Kier molecular flexibility index (Phi) is 6.65. The Morgan fingerprint density at radius 1 is 1.13 bits per heavy atom. The molecule has 0 bridgehead atoms. The van der Waals surface area contributed by atoms with Gasteiger partial charge in [0.15, 0.2) is 5.16 Å². The van der Waals surface area contributed by atoms with Crippen LogP contribution in [0.2, 0.25) is 0 Å². The minimum atomic E-state index is -0.574. The van der Waals surface area contributed by atoms with Gasteiger partial charge in [0.2, 0.25) is 5.91 Å². The number of hydrogen-bond donors (Lipinski definition) is 2. The van der Waals surface area contributed by atoms with Gasteiger partial charge in [-0.1, -0.05) is 30.0 Å². The van der Waals surface area contributed by atoms with Gasteiger partial charge in [0.05, 0.1) is 29.5 Å². The van der Waals surface area contributed by atoms with E-state index in [-0.39, 0.29) is 11.3 Å². The molecule has 0 saturated carbocycles. The van der Waals surface area contributed by atoms with E-state index < -0.39 is 17.5 Å². The predicted molar refractivity (Wildman–Crippen MR) is 121 cm³/mol. The SMILES string of the molecule is COc1cccc(-n2c(SCC(=O)NC(=O)NC(C)(C)C)nc3ccccc3c2=O)c1. The maximum Gasteiger partial charge on any atom is 0.321 e. The van der Waals surface area contributed by atoms with Crippen LogP contribution in [0.15, 0.2) is 58.5 Å². The van der Waals surface area contributed by atoms with Crippen LogP contribution in [0.5, 0.6) is 5.75 Å². The molecule has 8 nitrogen and oxygen atoms in total. The number of benzene rings is 2. The van der Waals surface area contributed by atoms with Crippen molar-refractivity contribution >= 4 is 34.6 Å². The molecule has 1 heterocycles. The highest BCUT2D eigenvalue weighted by Crippen LogP contribution is 2.23. The summed E-state index contributed by atoms with van der Waals surface area (Å²) in [5, 5.41) is 5.76. The predicted octanol–water partition coefficient (Wildman–Crippen LogP) is 3.11. The largest absolute Gasteiger partial charge is 0.497 e. The first-order valence-electron chi connectivity index (χ1n) is 9.59. The van der Waals surface area contributed by atoms with Crippen LogP contribution in [-0.2, 0) is 4.79 Å². The number of aromatic nitrogens is 2. The third-order valence-corrected chi connectivity index (χ3v) is 5.07. The molecule has 0 unspecified atom stereocenters. The summed E-state index contributed by atoms with van der Waals surface area (Å²) in [5.41, 5.74) is 0.368. The quantitative estimate of drug-likeness (QED) is 0.467. The van der Waals surface area contributed by atoms with Gasteiger partial charge < -0.3 is 10.1 Å². The van der Waals surface area contributed by atoms with E-state index in [1.165, 1.54) is 4.57 Å². The molecule has 0 aliphatic heterocycles. The van der Waals surface area contributed by atoms with Gasteiger partial charge in [-0.15, -0.1) is 0 Å². The zero-order valence-electron chi connectivity index (χ0n) is 17.8. The summed E-state index contributed by atoms with van der Waals surface area (Å²) in [6.45, 7) is 5.45. The third kappa shape index (κ3) is 5.64. The first-order chi connectivity index (χ1) is 14.7. The van der Waals surface area contributed by atoms with E-state index in [1.54, 1.807) is 55.6 Å². The minimum Gasteiger partial charge on any atom is -0.497 e. The zero-order valence-corrected chi connectivity index (χ0v) is 18.6. The van der Waals surface area contributed by atoms with Crippen molar-refractivity contribution in [2.24, 2.45) is 0 Å². The molecule has 0 radical (unpaired) electrons. The van der Waals surface area contributed by atoms with E-state index in [0.717, 1.165) is 11.8 Å². The Bertz CT molecular complexity index is 1180. The van der Waals surface area contributed by atoms with Crippen LogP contribution in [0.3, 0.4) is 0 Å². The smallest absolute Gasteiger partial charge is 0.321 e. The Balaban J connectivity index is 1.93. The van der Waals surface area contributed by atoms with Crippen LogP contribution in [0.4, 0.5) is 4.79 Å². The van der Waals surface area contributed by atoms with E-state index in [2.05, 4.69) is 15.6 Å². The molecule has 0 aliphatic rings. The lowest BCUT2D eigenvalue weighted by Crippen LogP contribution is -2.48. The third-order valence-electron chi connectivity index (χ3n) is 4.13. The number of fused-ring (bicyclic) bond motifs is 1. The van der Waals surface area contributed by atoms with Crippen molar-refractivity contribution in [2.75, 3.05) is 12.9 Å². The number of rotatable bonds is 5. The van der Waals surface area contributed by atoms with E-state index in [9.17, 15) is 14.4 Å². The molecular formula is C22H24N4O4S. The molecule has 3 rings (SSSR count). The number of hydrogen-bond acceptors (Lipinski definition) is 6. The molecule has 31 heavy (non-hydrogen) atoms. The number of nitrogens with one attached hydrogen (secondary N) is 2. The zero-order chi connectivity index (χ0) is 22.6. The summed E-state index contributed by atoms with van der Waals surface area (Å²) in [6, 6.07) is 13.5. The topological polar surface area (TPSA) is 102 Å². The fourth-order valence-corrected chi connectivity index (χ4v) is 3.66. The highest BCUT2D eigenvalue weighted by Gasteiger charge is 2.18. The molecule has 0 saturated heterocycles. The second kappa shape index (κ2) is 9.22. The first-order valence-corrected chi connectivity index (χ1v) is 10.6. The number of ether oxygens (including phenoxy) is 1. The van der Waals surface area contributed by atoms with Gasteiger partial charge in [0.25, 0.3) is 5.56 Å². The lowest BCUT2D eigenvalue weighted by molar-refractivity contribution is -0.117. The molecule has 2 aromatic carbocycles. The van der Waals surface area contributed by atoms with Gasteiger partial charge in [-0.25, -0.2) is 9.78 Å². The van der Waals surface area contributed by atoms with Crippen LogP contribution < -0.4 is 20.9 Å². The van der Waals surface area contributed by atoms with Gasteiger partial charge in [0.1, 0.15) is 5.75 Å².